The van der Waals surface area contributed by atoms with Gasteiger partial charge in [-0.25, -0.2) is 0 Å². The fourth-order valence-corrected chi connectivity index (χ4v) is 2.49. The molecule has 0 bridgehead atoms. The molecule has 0 aliphatic carbocycles. The molecule has 0 unspecified atom stereocenters. The summed E-state index contributed by atoms with van der Waals surface area (Å²) in [6.07, 6.45) is -4.47. The Labute approximate surface area is 145 Å². The molecular weight excluding hydrogens is 329 g/mol. The van der Waals surface area contributed by atoms with Crippen molar-refractivity contribution in [3.8, 4) is 0 Å². The van der Waals surface area contributed by atoms with Crippen LogP contribution in [0.3, 0.4) is 0 Å². The van der Waals surface area contributed by atoms with E-state index in [4.69, 9.17) is 0 Å². The van der Waals surface area contributed by atoms with Crippen molar-refractivity contribution in [1.29, 1.82) is 0 Å². The van der Waals surface area contributed by atoms with Crippen molar-refractivity contribution in [2.24, 2.45) is 0 Å². The molecular formula is C19H21F3N2O. The van der Waals surface area contributed by atoms with E-state index in [0.29, 0.717) is 5.69 Å². The third kappa shape index (κ3) is 5.32. The highest BCUT2D eigenvalue weighted by Crippen LogP contribution is 2.29. The van der Waals surface area contributed by atoms with Crippen LogP contribution in [-0.4, -0.2) is 23.9 Å². The molecule has 0 aliphatic rings. The number of carbonyl (C=O) groups is 1. The minimum Gasteiger partial charge on any atom is -0.322 e. The van der Waals surface area contributed by atoms with Gasteiger partial charge >= 0.3 is 6.18 Å². The Kier molecular flexibility index (Phi) is 6.20. The fraction of sp³-hybridized carbons (Fsp3) is 0.316. The van der Waals surface area contributed by atoms with E-state index in [-0.39, 0.29) is 5.56 Å². The first-order valence-electron chi connectivity index (χ1n) is 8.13. The molecule has 6 heteroatoms. The molecule has 0 atom stereocenters. The van der Waals surface area contributed by atoms with E-state index in [9.17, 15) is 18.0 Å². The van der Waals surface area contributed by atoms with Crippen molar-refractivity contribution in [3.63, 3.8) is 0 Å². The van der Waals surface area contributed by atoms with Crippen molar-refractivity contribution < 1.29 is 18.0 Å². The Morgan fingerprint density at radius 2 is 1.72 bits per heavy atom. The lowest BCUT2D eigenvalue weighted by atomic mass is 10.1. The summed E-state index contributed by atoms with van der Waals surface area (Å²) in [6, 6.07) is 11.7. The number of nitrogens with zero attached hydrogens (tertiary/aromatic N) is 1. The second kappa shape index (κ2) is 8.16. The van der Waals surface area contributed by atoms with Gasteiger partial charge in [-0.15, -0.1) is 0 Å². The molecule has 0 saturated carbocycles. The number of rotatable bonds is 6. The third-order valence-corrected chi connectivity index (χ3v) is 3.94. The van der Waals surface area contributed by atoms with E-state index in [1.807, 2.05) is 18.2 Å². The van der Waals surface area contributed by atoms with Crippen molar-refractivity contribution in [1.82, 2.24) is 4.90 Å². The van der Waals surface area contributed by atoms with E-state index in [0.717, 1.165) is 37.3 Å². The summed E-state index contributed by atoms with van der Waals surface area (Å²) < 4.78 is 38.3. The molecule has 0 radical (unpaired) electrons. The summed E-state index contributed by atoms with van der Waals surface area (Å²) in [5.41, 5.74) is 0.733. The summed E-state index contributed by atoms with van der Waals surface area (Å²) >= 11 is 0. The molecule has 1 amide bonds. The lowest BCUT2D eigenvalue weighted by Gasteiger charge is -2.18. The van der Waals surface area contributed by atoms with Crippen LogP contribution in [0.4, 0.5) is 18.9 Å². The average Bonchev–Trinajstić information content (AvgIpc) is 2.59. The van der Waals surface area contributed by atoms with Gasteiger partial charge in [-0.1, -0.05) is 32.0 Å². The van der Waals surface area contributed by atoms with Crippen LogP contribution in [0.25, 0.3) is 0 Å². The van der Waals surface area contributed by atoms with Crippen molar-refractivity contribution in [2.75, 3.05) is 18.4 Å². The first-order valence-corrected chi connectivity index (χ1v) is 8.13. The van der Waals surface area contributed by atoms with Gasteiger partial charge in [-0.05, 0) is 49.0 Å². The molecule has 134 valence electrons. The van der Waals surface area contributed by atoms with E-state index in [1.54, 1.807) is 6.07 Å². The van der Waals surface area contributed by atoms with Gasteiger partial charge in [0.1, 0.15) is 0 Å². The normalized spacial score (nSPS) is 11.6. The number of anilines is 1. The molecule has 0 aromatic heterocycles. The largest absolute Gasteiger partial charge is 0.416 e. The highest BCUT2D eigenvalue weighted by atomic mass is 19.4. The quantitative estimate of drug-likeness (QED) is 0.812. The van der Waals surface area contributed by atoms with Crippen molar-refractivity contribution in [3.05, 3.63) is 65.2 Å². The van der Waals surface area contributed by atoms with Crippen LogP contribution < -0.4 is 5.32 Å². The molecule has 2 aromatic rings. The SMILES string of the molecule is CCN(CC)Cc1cccc(NC(=O)c2cccc(C(F)(F)F)c2)c1. The fourth-order valence-electron chi connectivity index (χ4n) is 2.49. The Morgan fingerprint density at radius 3 is 2.36 bits per heavy atom. The van der Waals surface area contributed by atoms with Crippen LogP contribution in [0.2, 0.25) is 0 Å². The average molecular weight is 350 g/mol. The third-order valence-electron chi connectivity index (χ3n) is 3.94. The predicted octanol–water partition coefficient (Wildman–Crippen LogP) is 4.80. The number of hydrogen-bond acceptors (Lipinski definition) is 2. The van der Waals surface area contributed by atoms with Gasteiger partial charge in [-0.3, -0.25) is 9.69 Å². The van der Waals surface area contributed by atoms with E-state index in [1.165, 1.54) is 12.1 Å². The molecule has 0 fully saturated rings. The summed E-state index contributed by atoms with van der Waals surface area (Å²) in [5.74, 6) is -0.564. The number of nitrogens with one attached hydrogen (secondary N) is 1. The maximum absolute atomic E-state index is 12.8. The van der Waals surface area contributed by atoms with Gasteiger partial charge in [0.2, 0.25) is 0 Å². The van der Waals surface area contributed by atoms with Gasteiger partial charge in [0.05, 0.1) is 5.56 Å². The second-order valence-electron chi connectivity index (χ2n) is 5.69. The smallest absolute Gasteiger partial charge is 0.322 e. The minimum absolute atomic E-state index is 0.0241. The van der Waals surface area contributed by atoms with E-state index in [2.05, 4.69) is 24.1 Å². The number of hydrogen-bond donors (Lipinski definition) is 1. The topological polar surface area (TPSA) is 32.3 Å². The number of carbonyl (C=O) groups excluding carboxylic acids is 1. The van der Waals surface area contributed by atoms with Crippen LogP contribution in [0, 0.1) is 0 Å². The zero-order chi connectivity index (χ0) is 18.4. The molecule has 2 rings (SSSR count). The number of halogens is 3. The molecule has 2 aromatic carbocycles. The Hall–Kier alpha value is -2.34. The van der Waals surface area contributed by atoms with Gasteiger partial charge in [0.15, 0.2) is 0 Å². The number of alkyl halides is 3. The predicted molar refractivity (Wildman–Crippen MR) is 92.5 cm³/mol. The first kappa shape index (κ1) is 19.0. The van der Waals surface area contributed by atoms with Gasteiger partial charge < -0.3 is 5.32 Å². The van der Waals surface area contributed by atoms with Crippen LogP contribution in [0.5, 0.6) is 0 Å². The molecule has 0 saturated heterocycles. The molecule has 0 spiro atoms. The van der Waals surface area contributed by atoms with Crippen LogP contribution >= 0.6 is 0 Å². The van der Waals surface area contributed by atoms with Gasteiger partial charge in [0, 0.05) is 17.8 Å². The molecule has 25 heavy (non-hydrogen) atoms. The maximum Gasteiger partial charge on any atom is 0.416 e. The Morgan fingerprint density at radius 1 is 1.04 bits per heavy atom. The number of amides is 1. The van der Waals surface area contributed by atoms with Crippen molar-refractivity contribution in [2.45, 2.75) is 26.6 Å². The summed E-state index contributed by atoms with van der Waals surface area (Å²) in [4.78, 5) is 14.5. The first-order chi connectivity index (χ1) is 11.8. The zero-order valence-electron chi connectivity index (χ0n) is 14.2. The van der Waals surface area contributed by atoms with Crippen LogP contribution in [0.15, 0.2) is 48.5 Å². The van der Waals surface area contributed by atoms with E-state index < -0.39 is 17.6 Å². The summed E-state index contributed by atoms with van der Waals surface area (Å²) in [5, 5.41) is 2.66. The minimum atomic E-state index is -4.47. The lowest BCUT2D eigenvalue weighted by Crippen LogP contribution is -2.22. The van der Waals surface area contributed by atoms with Crippen LogP contribution in [-0.2, 0) is 12.7 Å². The molecule has 0 heterocycles. The lowest BCUT2D eigenvalue weighted by molar-refractivity contribution is -0.137. The summed E-state index contributed by atoms with van der Waals surface area (Å²) in [6.45, 7) is 6.72. The molecule has 3 nitrogen and oxygen atoms in total. The standard InChI is InChI=1S/C19H21F3N2O/c1-3-24(4-2)13-14-7-5-10-17(11-14)23-18(25)15-8-6-9-16(12-15)19(20,21)22/h5-12H,3-4,13H2,1-2H3,(H,23,25). The Balaban J connectivity index is 2.13. The summed E-state index contributed by atoms with van der Waals surface area (Å²) in [7, 11) is 0. The molecule has 1 N–H and O–H groups in total. The highest BCUT2D eigenvalue weighted by molar-refractivity contribution is 6.04. The number of benzene rings is 2. The van der Waals surface area contributed by atoms with Gasteiger partial charge in [-0.2, -0.15) is 13.2 Å². The maximum atomic E-state index is 12.8. The van der Waals surface area contributed by atoms with E-state index >= 15 is 0 Å². The second-order valence-corrected chi connectivity index (χ2v) is 5.69. The molecule has 0 aliphatic heterocycles. The van der Waals surface area contributed by atoms with Crippen molar-refractivity contribution >= 4 is 11.6 Å². The van der Waals surface area contributed by atoms with Crippen LogP contribution in [0.1, 0.15) is 35.3 Å². The highest BCUT2D eigenvalue weighted by Gasteiger charge is 2.30. The monoisotopic (exact) mass is 350 g/mol. The van der Waals surface area contributed by atoms with Gasteiger partial charge in [0.25, 0.3) is 5.91 Å². The Bertz CT molecular complexity index is 725. The zero-order valence-corrected chi connectivity index (χ0v) is 14.2.